The highest BCUT2D eigenvalue weighted by Gasteiger charge is 2.36. The fourth-order valence-electron chi connectivity index (χ4n) is 3.59. The van der Waals surface area contributed by atoms with Crippen molar-refractivity contribution >= 4 is 23.5 Å². The van der Waals surface area contributed by atoms with Crippen molar-refractivity contribution in [2.24, 2.45) is 0 Å². The number of ether oxygens (including phenoxy) is 2. The van der Waals surface area contributed by atoms with Crippen molar-refractivity contribution in [3.8, 4) is 11.5 Å². The Kier molecular flexibility index (Phi) is 6.64. The second kappa shape index (κ2) is 9.38. The lowest BCUT2D eigenvalue weighted by molar-refractivity contribution is -0.156. The van der Waals surface area contributed by atoms with Gasteiger partial charge in [-0.1, -0.05) is 18.2 Å². The van der Waals surface area contributed by atoms with E-state index in [0.29, 0.717) is 41.5 Å². The van der Waals surface area contributed by atoms with Crippen LogP contribution in [-0.2, 0) is 21.0 Å². The van der Waals surface area contributed by atoms with Gasteiger partial charge in [-0.05, 0) is 36.2 Å². The van der Waals surface area contributed by atoms with Crippen LogP contribution in [0.5, 0.6) is 11.5 Å². The first-order valence-corrected chi connectivity index (χ1v) is 9.81. The number of carbonyl (C=O) groups excluding carboxylic acids is 3. The Labute approximate surface area is 180 Å². The molecule has 31 heavy (non-hydrogen) atoms. The molecule has 0 saturated heterocycles. The standard InChI is InChI=1S/C22H25N3O6/c1-4-30-19-10-14(8-9-18(19)29-3)17(11-20(27)24-31-13(2)26)25-12-15-6-5-7-16(23)21(15)22(25)28/h5-10,17H,4,11-12,23H2,1-3H3,(H,24,27). The summed E-state index contributed by atoms with van der Waals surface area (Å²) in [6, 6.07) is 9.87. The van der Waals surface area contributed by atoms with E-state index < -0.39 is 17.9 Å². The Hall–Kier alpha value is -3.75. The van der Waals surface area contributed by atoms with Crippen LogP contribution in [0.2, 0.25) is 0 Å². The number of hydrogen-bond acceptors (Lipinski definition) is 7. The van der Waals surface area contributed by atoms with E-state index in [1.165, 1.54) is 14.0 Å². The number of carbonyl (C=O) groups is 3. The first-order chi connectivity index (χ1) is 14.8. The number of nitrogens with zero attached hydrogens (tertiary/aromatic N) is 1. The minimum Gasteiger partial charge on any atom is -0.493 e. The fourth-order valence-corrected chi connectivity index (χ4v) is 3.59. The van der Waals surface area contributed by atoms with Gasteiger partial charge in [0.15, 0.2) is 11.5 Å². The molecule has 2 aromatic rings. The van der Waals surface area contributed by atoms with Gasteiger partial charge in [-0.25, -0.2) is 0 Å². The van der Waals surface area contributed by atoms with E-state index in [1.54, 1.807) is 35.2 Å². The first-order valence-electron chi connectivity index (χ1n) is 9.81. The van der Waals surface area contributed by atoms with Crippen molar-refractivity contribution in [1.29, 1.82) is 0 Å². The summed E-state index contributed by atoms with van der Waals surface area (Å²) in [5, 5.41) is 0. The van der Waals surface area contributed by atoms with Crippen molar-refractivity contribution in [3.63, 3.8) is 0 Å². The van der Waals surface area contributed by atoms with Crippen molar-refractivity contribution in [2.45, 2.75) is 32.9 Å². The van der Waals surface area contributed by atoms with Crippen LogP contribution in [0.25, 0.3) is 0 Å². The number of rotatable bonds is 7. The van der Waals surface area contributed by atoms with E-state index >= 15 is 0 Å². The Morgan fingerprint density at radius 2 is 2.00 bits per heavy atom. The number of anilines is 1. The number of nitrogens with one attached hydrogen (secondary N) is 1. The maximum Gasteiger partial charge on any atom is 0.329 e. The van der Waals surface area contributed by atoms with E-state index in [-0.39, 0.29) is 12.3 Å². The Morgan fingerprint density at radius 3 is 2.65 bits per heavy atom. The van der Waals surface area contributed by atoms with Crippen LogP contribution < -0.4 is 20.7 Å². The van der Waals surface area contributed by atoms with Crippen LogP contribution in [0.3, 0.4) is 0 Å². The van der Waals surface area contributed by atoms with Gasteiger partial charge in [-0.2, -0.15) is 5.48 Å². The number of benzene rings is 2. The number of methoxy groups -OCH3 is 1. The summed E-state index contributed by atoms with van der Waals surface area (Å²) in [6.07, 6.45) is -0.134. The molecule has 0 radical (unpaired) electrons. The van der Waals surface area contributed by atoms with E-state index in [0.717, 1.165) is 5.56 Å². The zero-order chi connectivity index (χ0) is 22.5. The number of nitrogens with two attached hydrogens (primary N) is 1. The third-order valence-electron chi connectivity index (χ3n) is 4.93. The molecular formula is C22H25N3O6. The molecule has 0 fully saturated rings. The van der Waals surface area contributed by atoms with Gasteiger partial charge < -0.3 is 24.9 Å². The van der Waals surface area contributed by atoms with Crippen molar-refractivity contribution in [3.05, 3.63) is 53.1 Å². The van der Waals surface area contributed by atoms with Crippen LogP contribution in [0, 0.1) is 0 Å². The molecule has 0 saturated carbocycles. The molecule has 2 aromatic carbocycles. The third kappa shape index (κ3) is 4.71. The van der Waals surface area contributed by atoms with Gasteiger partial charge in [-0.15, -0.1) is 0 Å². The molecule has 1 heterocycles. The summed E-state index contributed by atoms with van der Waals surface area (Å²) in [6.45, 7) is 3.74. The molecule has 0 spiro atoms. The lowest BCUT2D eigenvalue weighted by Crippen LogP contribution is -2.35. The lowest BCUT2D eigenvalue weighted by atomic mass is 10.0. The molecule has 1 atom stereocenters. The van der Waals surface area contributed by atoms with Crippen molar-refractivity contribution in [1.82, 2.24) is 10.4 Å². The number of hydrogen-bond donors (Lipinski definition) is 2. The zero-order valence-corrected chi connectivity index (χ0v) is 17.6. The highest BCUT2D eigenvalue weighted by molar-refractivity contribution is 6.03. The van der Waals surface area contributed by atoms with Crippen LogP contribution in [0.4, 0.5) is 5.69 Å². The smallest absolute Gasteiger partial charge is 0.329 e. The first kappa shape index (κ1) is 21.9. The maximum atomic E-state index is 13.2. The van der Waals surface area contributed by atoms with E-state index in [1.807, 2.05) is 13.0 Å². The molecule has 164 valence electrons. The van der Waals surface area contributed by atoms with Crippen LogP contribution in [0.15, 0.2) is 36.4 Å². The monoisotopic (exact) mass is 427 g/mol. The molecule has 0 aromatic heterocycles. The predicted octanol–water partition coefficient (Wildman–Crippen LogP) is 2.36. The van der Waals surface area contributed by atoms with E-state index in [2.05, 4.69) is 10.3 Å². The summed E-state index contributed by atoms with van der Waals surface area (Å²) < 4.78 is 11.0. The molecule has 2 amide bonds. The van der Waals surface area contributed by atoms with Crippen LogP contribution >= 0.6 is 0 Å². The molecule has 1 unspecified atom stereocenters. The highest BCUT2D eigenvalue weighted by Crippen LogP contribution is 2.38. The van der Waals surface area contributed by atoms with Crippen LogP contribution in [0.1, 0.15) is 47.8 Å². The topological polar surface area (TPSA) is 120 Å². The quantitative estimate of drug-likeness (QED) is 0.514. The normalized spacial score (nSPS) is 13.4. The van der Waals surface area contributed by atoms with Gasteiger partial charge in [0.1, 0.15) is 0 Å². The molecule has 1 aliphatic rings. The summed E-state index contributed by atoms with van der Waals surface area (Å²) >= 11 is 0. The average molecular weight is 427 g/mol. The largest absolute Gasteiger partial charge is 0.493 e. The van der Waals surface area contributed by atoms with Gasteiger partial charge in [0, 0.05) is 19.2 Å². The second-order valence-corrected chi connectivity index (χ2v) is 7.00. The molecule has 3 N–H and O–H groups in total. The summed E-state index contributed by atoms with van der Waals surface area (Å²) in [7, 11) is 1.53. The van der Waals surface area contributed by atoms with Crippen molar-refractivity contribution in [2.75, 3.05) is 19.5 Å². The van der Waals surface area contributed by atoms with Crippen LogP contribution in [-0.4, -0.2) is 36.4 Å². The molecular weight excluding hydrogens is 402 g/mol. The SMILES string of the molecule is CCOc1cc(C(CC(=O)NOC(C)=O)N2Cc3cccc(N)c3C2=O)ccc1OC. The Bertz CT molecular complexity index is 1010. The molecule has 0 aliphatic carbocycles. The number of amides is 2. The molecule has 9 heteroatoms. The summed E-state index contributed by atoms with van der Waals surface area (Å²) in [4.78, 5) is 42.9. The summed E-state index contributed by atoms with van der Waals surface area (Å²) in [5.74, 6) is -0.436. The second-order valence-electron chi connectivity index (χ2n) is 7.00. The molecule has 1 aliphatic heterocycles. The number of nitrogen functional groups attached to an aromatic ring is 1. The summed E-state index contributed by atoms with van der Waals surface area (Å²) in [5.41, 5.74) is 10.4. The third-order valence-corrected chi connectivity index (χ3v) is 4.93. The fraction of sp³-hybridized carbons (Fsp3) is 0.318. The average Bonchev–Trinajstić information content (AvgIpc) is 3.08. The molecule has 9 nitrogen and oxygen atoms in total. The zero-order valence-electron chi connectivity index (χ0n) is 17.6. The molecule has 0 bridgehead atoms. The number of hydroxylamine groups is 1. The van der Waals surface area contributed by atoms with E-state index in [4.69, 9.17) is 15.2 Å². The van der Waals surface area contributed by atoms with Gasteiger partial charge in [0.2, 0.25) is 0 Å². The highest BCUT2D eigenvalue weighted by atomic mass is 16.7. The van der Waals surface area contributed by atoms with Gasteiger partial charge in [-0.3, -0.25) is 14.4 Å². The van der Waals surface area contributed by atoms with E-state index in [9.17, 15) is 14.4 Å². The molecule has 3 rings (SSSR count). The van der Waals surface area contributed by atoms with Gasteiger partial charge in [0.05, 0.1) is 31.7 Å². The minimum absolute atomic E-state index is 0.134. The predicted molar refractivity (Wildman–Crippen MR) is 112 cm³/mol. The maximum absolute atomic E-state index is 13.2. The van der Waals surface area contributed by atoms with Gasteiger partial charge in [0.25, 0.3) is 11.8 Å². The number of fused-ring (bicyclic) bond motifs is 1. The Morgan fingerprint density at radius 1 is 1.23 bits per heavy atom. The van der Waals surface area contributed by atoms with Gasteiger partial charge >= 0.3 is 5.97 Å². The van der Waals surface area contributed by atoms with Crippen molar-refractivity contribution < 1.29 is 28.7 Å². The Balaban J connectivity index is 1.97. The lowest BCUT2D eigenvalue weighted by Gasteiger charge is -2.28. The minimum atomic E-state index is -0.653.